The molecule has 1 N–H and O–H groups in total. The molecule has 0 rings (SSSR count). The molecule has 0 amide bonds. The smallest absolute Gasteiger partial charge is 0.305 e. The Morgan fingerprint density at radius 3 is 0.877 bits per heavy atom. The third-order valence-corrected chi connectivity index (χ3v) is 12.5. The van der Waals surface area contributed by atoms with Gasteiger partial charge in [0.15, 0.2) is 0 Å². The molecule has 0 saturated carbocycles. The zero-order valence-corrected chi connectivity index (χ0v) is 39.3. The van der Waals surface area contributed by atoms with Crippen LogP contribution < -0.4 is 0 Å². The minimum Gasteiger partial charge on any atom is -0.466 e. The second kappa shape index (κ2) is 53.2. The van der Waals surface area contributed by atoms with Crippen molar-refractivity contribution in [3.8, 4) is 0 Å². The Kier molecular flexibility index (Phi) is 52.4. The second-order valence-corrected chi connectivity index (χ2v) is 18.3. The highest BCUT2D eigenvalue weighted by atomic mass is 16.5. The van der Waals surface area contributed by atoms with Crippen LogP contribution in [0, 0.1) is 0 Å². The average molecular weight is 803 g/mol. The van der Waals surface area contributed by atoms with Crippen molar-refractivity contribution in [3.63, 3.8) is 0 Å². The average Bonchev–Trinajstić information content (AvgIpc) is 3.22. The number of aliphatic hydroxyl groups is 1. The van der Waals surface area contributed by atoms with Gasteiger partial charge in [-0.1, -0.05) is 276 Å². The maximum absolute atomic E-state index is 12.0. The summed E-state index contributed by atoms with van der Waals surface area (Å²) in [5.41, 5.74) is 0. The van der Waals surface area contributed by atoms with E-state index in [1.165, 1.54) is 276 Å². The van der Waals surface area contributed by atoms with Crippen molar-refractivity contribution >= 4 is 5.97 Å². The number of aliphatic hydroxyl groups excluding tert-OH is 1. The van der Waals surface area contributed by atoms with E-state index >= 15 is 0 Å². The molecule has 0 bridgehead atoms. The summed E-state index contributed by atoms with van der Waals surface area (Å²) in [6, 6.07) is 0. The highest BCUT2D eigenvalue weighted by Crippen LogP contribution is 2.18. The molecule has 0 atom stereocenters. The molecule has 3 heteroatoms. The molecule has 0 aliphatic rings. The van der Waals surface area contributed by atoms with Gasteiger partial charge in [-0.05, 0) is 44.9 Å². The monoisotopic (exact) mass is 803 g/mol. The van der Waals surface area contributed by atoms with Crippen LogP contribution in [0.25, 0.3) is 0 Å². The summed E-state index contributed by atoms with van der Waals surface area (Å²) in [5, 5.41) is 8.82. The quantitative estimate of drug-likeness (QED) is 0.0379. The topological polar surface area (TPSA) is 46.5 Å². The van der Waals surface area contributed by atoms with Crippen LogP contribution in [0.5, 0.6) is 0 Å². The van der Waals surface area contributed by atoms with Crippen LogP contribution in [0.3, 0.4) is 0 Å². The summed E-state index contributed by atoms with van der Waals surface area (Å²) in [7, 11) is 0. The van der Waals surface area contributed by atoms with E-state index in [-0.39, 0.29) is 5.97 Å². The molecule has 3 nitrogen and oxygen atoms in total. The summed E-state index contributed by atoms with van der Waals surface area (Å²) in [6.07, 6.45) is 69.6. The lowest BCUT2D eigenvalue weighted by Crippen LogP contribution is -2.05. The van der Waals surface area contributed by atoms with Crippen molar-refractivity contribution < 1.29 is 14.6 Å². The van der Waals surface area contributed by atoms with Crippen molar-refractivity contribution in [2.45, 2.75) is 315 Å². The predicted molar refractivity (Wildman–Crippen MR) is 254 cm³/mol. The zero-order chi connectivity index (χ0) is 41.1. The van der Waals surface area contributed by atoms with Gasteiger partial charge in [-0.3, -0.25) is 4.79 Å². The fourth-order valence-electron chi connectivity index (χ4n) is 8.47. The Hall–Kier alpha value is -0.830. The maximum atomic E-state index is 12.0. The van der Waals surface area contributed by atoms with Gasteiger partial charge < -0.3 is 9.84 Å². The van der Waals surface area contributed by atoms with Crippen LogP contribution in [0.4, 0.5) is 0 Å². The highest BCUT2D eigenvalue weighted by Gasteiger charge is 2.03. The molecular formula is C54H106O3. The Morgan fingerprint density at radius 1 is 0.333 bits per heavy atom. The van der Waals surface area contributed by atoms with Gasteiger partial charge in [0, 0.05) is 13.0 Å². The van der Waals surface area contributed by atoms with E-state index in [2.05, 4.69) is 19.1 Å². The summed E-state index contributed by atoms with van der Waals surface area (Å²) < 4.78 is 5.47. The highest BCUT2D eigenvalue weighted by molar-refractivity contribution is 5.69. The van der Waals surface area contributed by atoms with Gasteiger partial charge in [-0.25, -0.2) is 0 Å². The lowest BCUT2D eigenvalue weighted by Gasteiger charge is -2.06. The number of unbranched alkanes of at least 4 members (excludes halogenated alkanes) is 44. The standard InChI is InChI=1S/C54H106O3/c1-2-3-4-5-6-7-8-33-36-39-42-45-48-51-54(56)57-53-50-47-44-41-38-35-32-30-28-26-24-22-20-18-16-14-12-10-9-11-13-15-17-19-21-23-25-27-29-31-34-37-40-43-46-49-52-55/h7-8,55H,2-6,9-53H2,1H3/b8-7-. The second-order valence-electron chi connectivity index (χ2n) is 18.3. The molecule has 0 aliphatic carbocycles. The maximum Gasteiger partial charge on any atom is 0.305 e. The van der Waals surface area contributed by atoms with Crippen molar-refractivity contribution in [2.24, 2.45) is 0 Å². The minimum atomic E-state index is 0.0184. The molecule has 0 aromatic carbocycles. The largest absolute Gasteiger partial charge is 0.466 e. The summed E-state index contributed by atoms with van der Waals surface area (Å²) >= 11 is 0. The molecule has 0 aliphatic heterocycles. The number of rotatable bonds is 51. The van der Waals surface area contributed by atoms with Crippen LogP contribution in [0.15, 0.2) is 12.2 Å². The summed E-state index contributed by atoms with van der Waals surface area (Å²) in [5.74, 6) is 0.0184. The SMILES string of the molecule is CCCCCC/C=C\CCCCCCCC(=O)OCCCCCCCCCCCCCCCCCCCCCCCCCCCCCCCCCCCCCCO. The predicted octanol–water partition coefficient (Wildman–Crippen LogP) is 18.8. The van der Waals surface area contributed by atoms with E-state index in [0.717, 1.165) is 25.7 Å². The van der Waals surface area contributed by atoms with Crippen molar-refractivity contribution in [1.82, 2.24) is 0 Å². The van der Waals surface area contributed by atoms with E-state index in [4.69, 9.17) is 9.84 Å². The number of hydrogen-bond acceptors (Lipinski definition) is 3. The van der Waals surface area contributed by atoms with Crippen LogP contribution in [0.1, 0.15) is 315 Å². The van der Waals surface area contributed by atoms with Crippen LogP contribution >= 0.6 is 0 Å². The minimum absolute atomic E-state index is 0.0184. The van der Waals surface area contributed by atoms with Gasteiger partial charge in [0.05, 0.1) is 6.61 Å². The molecule has 0 fully saturated rings. The number of carbonyl (C=O) groups excluding carboxylic acids is 1. The van der Waals surface area contributed by atoms with E-state index in [0.29, 0.717) is 19.6 Å². The first-order chi connectivity index (χ1) is 28.3. The fraction of sp³-hybridized carbons (Fsp3) is 0.944. The van der Waals surface area contributed by atoms with Gasteiger partial charge in [0.25, 0.3) is 0 Å². The van der Waals surface area contributed by atoms with Gasteiger partial charge in [-0.15, -0.1) is 0 Å². The van der Waals surface area contributed by atoms with E-state index < -0.39 is 0 Å². The first-order valence-electron chi connectivity index (χ1n) is 26.7. The van der Waals surface area contributed by atoms with Gasteiger partial charge in [0.2, 0.25) is 0 Å². The normalized spacial score (nSPS) is 11.7. The molecule has 340 valence electrons. The molecule has 0 saturated heterocycles. The number of hydrogen-bond donors (Lipinski definition) is 1. The first-order valence-corrected chi connectivity index (χ1v) is 26.7. The van der Waals surface area contributed by atoms with Gasteiger partial charge in [0.1, 0.15) is 0 Å². The lowest BCUT2D eigenvalue weighted by molar-refractivity contribution is -0.143. The Morgan fingerprint density at radius 2 is 0.579 bits per heavy atom. The molecule has 57 heavy (non-hydrogen) atoms. The van der Waals surface area contributed by atoms with Crippen LogP contribution in [0.2, 0.25) is 0 Å². The molecular weight excluding hydrogens is 697 g/mol. The number of ether oxygens (including phenoxy) is 1. The van der Waals surface area contributed by atoms with E-state index in [1.54, 1.807) is 0 Å². The van der Waals surface area contributed by atoms with Crippen LogP contribution in [-0.4, -0.2) is 24.3 Å². The van der Waals surface area contributed by atoms with E-state index in [1.807, 2.05) is 0 Å². The van der Waals surface area contributed by atoms with Crippen LogP contribution in [-0.2, 0) is 9.53 Å². The molecule has 0 radical (unpaired) electrons. The number of esters is 1. The molecule has 0 heterocycles. The molecule has 0 aromatic rings. The Labute approximate surface area is 359 Å². The summed E-state index contributed by atoms with van der Waals surface area (Å²) in [6.45, 7) is 3.26. The van der Waals surface area contributed by atoms with E-state index in [9.17, 15) is 4.79 Å². The first kappa shape index (κ1) is 56.2. The Bertz CT molecular complexity index is 747. The molecule has 0 aromatic heterocycles. The third kappa shape index (κ3) is 53.2. The molecule has 0 unspecified atom stereocenters. The molecule has 0 spiro atoms. The van der Waals surface area contributed by atoms with Crippen molar-refractivity contribution in [3.05, 3.63) is 12.2 Å². The summed E-state index contributed by atoms with van der Waals surface area (Å²) in [4.78, 5) is 12.0. The zero-order valence-electron chi connectivity index (χ0n) is 39.3. The Balaban J connectivity index is 3.13. The lowest BCUT2D eigenvalue weighted by atomic mass is 10.0. The van der Waals surface area contributed by atoms with Gasteiger partial charge in [-0.2, -0.15) is 0 Å². The van der Waals surface area contributed by atoms with Crippen molar-refractivity contribution in [1.29, 1.82) is 0 Å². The number of allylic oxidation sites excluding steroid dienone is 2. The third-order valence-electron chi connectivity index (χ3n) is 12.5. The van der Waals surface area contributed by atoms with Gasteiger partial charge >= 0.3 is 5.97 Å². The van der Waals surface area contributed by atoms with Crippen molar-refractivity contribution in [2.75, 3.05) is 13.2 Å². The number of carbonyl (C=O) groups is 1. The fourth-order valence-corrected chi connectivity index (χ4v) is 8.47.